The Morgan fingerprint density at radius 3 is 2.05 bits per heavy atom. The number of carbonyl (C=O) groups excluding carboxylic acids is 4. The van der Waals surface area contributed by atoms with Crippen molar-refractivity contribution in [2.75, 3.05) is 23.8 Å². The normalized spacial score (nSPS) is 13.9. The number of hydrogen-bond acceptors (Lipinski definition) is 5. The number of halogens is 1. The molecular weight excluding hydrogens is 552 g/mol. The SMILES string of the molecule is Cc1ccc(NC(=O)COc2ccc(/C=C3/NC(=O)N(CC(=O)Nc4ccc(C)cc4)C3=O)cc2Br)cc1. The molecular formula is C28H25BrN4O5. The Labute approximate surface area is 228 Å². The van der Waals surface area contributed by atoms with Crippen molar-refractivity contribution in [1.82, 2.24) is 10.2 Å². The van der Waals surface area contributed by atoms with Gasteiger partial charge in [0.05, 0.1) is 4.47 Å². The lowest BCUT2D eigenvalue weighted by atomic mass is 10.2. The van der Waals surface area contributed by atoms with Crippen molar-refractivity contribution in [3.63, 3.8) is 0 Å². The highest BCUT2D eigenvalue weighted by atomic mass is 79.9. The van der Waals surface area contributed by atoms with Gasteiger partial charge >= 0.3 is 6.03 Å². The maximum Gasteiger partial charge on any atom is 0.329 e. The molecule has 4 rings (SSSR count). The number of rotatable bonds is 8. The van der Waals surface area contributed by atoms with Crippen LogP contribution in [-0.4, -0.2) is 41.8 Å². The molecule has 9 nitrogen and oxygen atoms in total. The first-order valence-electron chi connectivity index (χ1n) is 11.7. The van der Waals surface area contributed by atoms with E-state index in [0.29, 0.717) is 27.2 Å². The van der Waals surface area contributed by atoms with Crippen LogP contribution in [0.1, 0.15) is 16.7 Å². The minimum absolute atomic E-state index is 0.0381. The summed E-state index contributed by atoms with van der Waals surface area (Å²) in [7, 11) is 0. The van der Waals surface area contributed by atoms with Crippen LogP contribution in [0.3, 0.4) is 0 Å². The molecule has 0 aromatic heterocycles. The largest absolute Gasteiger partial charge is 0.483 e. The highest BCUT2D eigenvalue weighted by Crippen LogP contribution is 2.27. The van der Waals surface area contributed by atoms with Gasteiger partial charge in [-0.3, -0.25) is 14.4 Å². The number of hydrogen-bond donors (Lipinski definition) is 3. The van der Waals surface area contributed by atoms with Crippen LogP contribution in [-0.2, 0) is 14.4 Å². The number of ether oxygens (including phenoxy) is 1. The van der Waals surface area contributed by atoms with Crippen LogP contribution in [0.25, 0.3) is 6.08 Å². The molecule has 0 unspecified atom stereocenters. The quantitative estimate of drug-likeness (QED) is 0.267. The average molecular weight is 577 g/mol. The zero-order valence-electron chi connectivity index (χ0n) is 20.7. The van der Waals surface area contributed by atoms with Gasteiger partial charge in [-0.1, -0.05) is 41.5 Å². The van der Waals surface area contributed by atoms with Gasteiger partial charge in [0.25, 0.3) is 11.8 Å². The van der Waals surface area contributed by atoms with Crippen molar-refractivity contribution in [3.05, 3.63) is 93.6 Å². The molecule has 3 aromatic carbocycles. The standard InChI is InChI=1S/C28H25BrN4O5/c1-17-3-8-20(9-4-17)30-25(34)15-33-27(36)23(32-28(33)37)14-19-7-12-24(22(29)13-19)38-16-26(35)31-21-10-5-18(2)6-11-21/h3-14H,15-16H2,1-2H3,(H,30,34)(H,31,35)(H,32,37)/b23-14+. The van der Waals surface area contributed by atoms with E-state index in [1.165, 1.54) is 6.08 Å². The first-order valence-corrected chi connectivity index (χ1v) is 12.5. The van der Waals surface area contributed by atoms with Gasteiger partial charge in [-0.25, -0.2) is 9.69 Å². The van der Waals surface area contributed by atoms with Crippen molar-refractivity contribution < 1.29 is 23.9 Å². The van der Waals surface area contributed by atoms with Gasteiger partial charge < -0.3 is 20.7 Å². The van der Waals surface area contributed by atoms with Crippen LogP contribution in [0.2, 0.25) is 0 Å². The van der Waals surface area contributed by atoms with E-state index in [9.17, 15) is 19.2 Å². The van der Waals surface area contributed by atoms with Crippen LogP contribution < -0.4 is 20.7 Å². The highest BCUT2D eigenvalue weighted by molar-refractivity contribution is 9.10. The van der Waals surface area contributed by atoms with Gasteiger partial charge in [-0.2, -0.15) is 0 Å². The first kappa shape index (κ1) is 26.6. The molecule has 1 aliphatic rings. The number of nitrogens with one attached hydrogen (secondary N) is 3. The van der Waals surface area contributed by atoms with Crippen LogP contribution >= 0.6 is 15.9 Å². The zero-order valence-corrected chi connectivity index (χ0v) is 22.3. The Bertz CT molecular complexity index is 1420. The molecule has 3 aromatic rings. The van der Waals surface area contributed by atoms with Crippen molar-refractivity contribution in [2.24, 2.45) is 0 Å². The van der Waals surface area contributed by atoms with Gasteiger partial charge in [-0.05, 0) is 77.8 Å². The summed E-state index contributed by atoms with van der Waals surface area (Å²) in [6.45, 7) is 3.28. The third-order valence-electron chi connectivity index (χ3n) is 5.56. The third-order valence-corrected chi connectivity index (χ3v) is 6.18. The Hall–Kier alpha value is -4.44. The van der Waals surface area contributed by atoms with Crippen molar-refractivity contribution in [2.45, 2.75) is 13.8 Å². The fraction of sp³-hybridized carbons (Fsp3) is 0.143. The number of nitrogens with zero attached hydrogens (tertiary/aromatic N) is 1. The van der Waals surface area contributed by atoms with E-state index < -0.39 is 24.4 Å². The Morgan fingerprint density at radius 2 is 1.47 bits per heavy atom. The number of urea groups is 1. The summed E-state index contributed by atoms with van der Waals surface area (Å²) >= 11 is 3.41. The number of imide groups is 1. The summed E-state index contributed by atoms with van der Waals surface area (Å²) in [5.41, 5.74) is 4.02. The van der Waals surface area contributed by atoms with Gasteiger partial charge in [0, 0.05) is 11.4 Å². The van der Waals surface area contributed by atoms with Crippen LogP contribution in [0.4, 0.5) is 16.2 Å². The van der Waals surface area contributed by atoms with Gasteiger partial charge in [0.15, 0.2) is 6.61 Å². The van der Waals surface area contributed by atoms with Crippen molar-refractivity contribution >= 4 is 57.1 Å². The van der Waals surface area contributed by atoms with E-state index >= 15 is 0 Å². The average Bonchev–Trinajstić information content (AvgIpc) is 3.13. The lowest BCUT2D eigenvalue weighted by Crippen LogP contribution is -2.38. The Morgan fingerprint density at radius 1 is 0.895 bits per heavy atom. The molecule has 38 heavy (non-hydrogen) atoms. The molecule has 1 fully saturated rings. The molecule has 10 heteroatoms. The number of benzene rings is 3. The van der Waals surface area contributed by atoms with E-state index in [4.69, 9.17) is 4.74 Å². The fourth-order valence-corrected chi connectivity index (χ4v) is 4.08. The summed E-state index contributed by atoms with van der Waals surface area (Å²) in [5, 5.41) is 7.93. The summed E-state index contributed by atoms with van der Waals surface area (Å²) in [5.74, 6) is -0.979. The smallest absolute Gasteiger partial charge is 0.329 e. The number of aryl methyl sites for hydroxylation is 2. The van der Waals surface area contributed by atoms with Crippen LogP contribution in [0, 0.1) is 13.8 Å². The monoisotopic (exact) mass is 576 g/mol. The van der Waals surface area contributed by atoms with Gasteiger partial charge in [0.2, 0.25) is 5.91 Å². The molecule has 5 amide bonds. The third kappa shape index (κ3) is 6.86. The van der Waals surface area contributed by atoms with E-state index in [1.807, 2.05) is 50.2 Å². The van der Waals surface area contributed by atoms with E-state index in [1.54, 1.807) is 30.3 Å². The van der Waals surface area contributed by atoms with Crippen molar-refractivity contribution in [3.8, 4) is 5.75 Å². The number of amides is 5. The van der Waals surface area contributed by atoms with Gasteiger partial charge in [-0.15, -0.1) is 0 Å². The molecule has 1 heterocycles. The van der Waals surface area contributed by atoms with E-state index in [2.05, 4.69) is 31.9 Å². The lowest BCUT2D eigenvalue weighted by Gasteiger charge is -2.12. The molecule has 194 valence electrons. The summed E-state index contributed by atoms with van der Waals surface area (Å²) < 4.78 is 6.16. The Kier molecular flexibility index (Phi) is 8.22. The minimum atomic E-state index is -0.682. The molecule has 0 aliphatic carbocycles. The molecule has 3 N–H and O–H groups in total. The zero-order chi connectivity index (χ0) is 27.2. The molecule has 1 saturated heterocycles. The Balaban J connectivity index is 1.34. The maximum atomic E-state index is 12.8. The summed E-state index contributed by atoms with van der Waals surface area (Å²) in [6, 6.07) is 18.9. The summed E-state index contributed by atoms with van der Waals surface area (Å²) in [4.78, 5) is 50.5. The molecule has 0 spiro atoms. The predicted octanol–water partition coefficient (Wildman–Crippen LogP) is 4.61. The molecule has 1 aliphatic heterocycles. The van der Waals surface area contributed by atoms with Crippen molar-refractivity contribution in [1.29, 1.82) is 0 Å². The highest BCUT2D eigenvalue weighted by Gasteiger charge is 2.35. The lowest BCUT2D eigenvalue weighted by molar-refractivity contribution is -0.127. The van der Waals surface area contributed by atoms with Gasteiger partial charge in [0.1, 0.15) is 18.0 Å². The maximum absolute atomic E-state index is 12.8. The predicted molar refractivity (Wildman–Crippen MR) is 147 cm³/mol. The fourth-order valence-electron chi connectivity index (χ4n) is 3.56. The molecule has 0 atom stereocenters. The minimum Gasteiger partial charge on any atom is -0.483 e. The summed E-state index contributed by atoms with van der Waals surface area (Å²) in [6.07, 6.45) is 1.50. The molecule has 0 saturated carbocycles. The first-order chi connectivity index (χ1) is 18.2. The van der Waals surface area contributed by atoms with Crippen LogP contribution in [0.15, 0.2) is 76.9 Å². The molecule has 0 bridgehead atoms. The van der Waals surface area contributed by atoms with Crippen LogP contribution in [0.5, 0.6) is 5.75 Å². The number of carbonyl (C=O) groups is 4. The second-order valence-corrected chi connectivity index (χ2v) is 9.54. The second-order valence-electron chi connectivity index (χ2n) is 8.69. The number of anilines is 2. The van der Waals surface area contributed by atoms with E-state index in [-0.39, 0.29) is 18.2 Å². The molecule has 0 radical (unpaired) electrons. The second kappa shape index (κ2) is 11.7. The topological polar surface area (TPSA) is 117 Å². The van der Waals surface area contributed by atoms with E-state index in [0.717, 1.165) is 16.0 Å².